The molecule has 0 saturated carbocycles. The van der Waals surface area contributed by atoms with Gasteiger partial charge in [0.05, 0.1) is 0 Å². The zero-order valence-corrected chi connectivity index (χ0v) is 75.1. The molecule has 0 aliphatic rings. The maximum Gasteiger partial charge on any atom is 0.185 e. The van der Waals surface area contributed by atoms with Gasteiger partial charge in [0, 0.05) is 105 Å². The maximum absolute atomic E-state index is 8.02. The van der Waals surface area contributed by atoms with Gasteiger partial charge in [-0.15, -0.1) is 0 Å². The van der Waals surface area contributed by atoms with Crippen molar-refractivity contribution in [2.24, 2.45) is 337 Å². The quantitative estimate of drug-likeness (QED) is 0.0153. The number of nitrogens with two attached hydrogens (primary N) is 30. The number of hydrogen-bond donors (Lipinski definition) is 34. The van der Waals surface area contributed by atoms with E-state index in [0.717, 1.165) is 64.2 Å². The third kappa shape index (κ3) is 56.8. The van der Waals surface area contributed by atoms with E-state index < -0.39 is 0 Å². The lowest BCUT2D eigenvalue weighted by molar-refractivity contribution is 0.0265. The fourth-order valence-electron chi connectivity index (χ4n) is 18.5. The molecule has 0 saturated heterocycles. The van der Waals surface area contributed by atoms with Gasteiger partial charge in [0.1, 0.15) is 0 Å². The Morgan fingerprint density at radius 3 is 0.548 bits per heavy atom. The van der Waals surface area contributed by atoms with E-state index in [9.17, 15) is 0 Å². The van der Waals surface area contributed by atoms with Crippen molar-refractivity contribution in [2.75, 3.05) is 105 Å². The molecule has 0 aromatic carbocycles. The first-order valence-electron chi connectivity index (χ1n) is 43.6. The summed E-state index contributed by atoms with van der Waals surface area (Å²) < 4.78 is 0. The molecule has 0 bridgehead atoms. The second-order valence-electron chi connectivity index (χ2n) is 31.7. The summed E-state index contributed by atoms with van der Waals surface area (Å²) in [5, 5.41) is 22.1. The Hall–Kier alpha value is -11.7. The first kappa shape index (κ1) is 114. The highest BCUT2D eigenvalue weighted by Crippen LogP contribution is 2.51. The van der Waals surface area contributed by atoms with E-state index in [1.54, 1.807) is 0 Å². The first-order chi connectivity index (χ1) is 58.7. The number of nitrogens with one attached hydrogen (secondary N) is 4. The molecule has 0 rings (SSSR count). The normalized spacial score (nSPS) is 14.8. The Bertz CT molecular complexity index is 3280. The molecule has 0 aromatic heterocycles. The van der Waals surface area contributed by atoms with E-state index in [1.165, 1.54) is 0 Å². The van der Waals surface area contributed by atoms with Gasteiger partial charge in [0.15, 0.2) is 95.4 Å². The van der Waals surface area contributed by atoms with E-state index in [1.807, 2.05) is 0 Å². The molecule has 0 spiro atoms. The van der Waals surface area contributed by atoms with E-state index in [4.69, 9.17) is 183 Å². The van der Waals surface area contributed by atoms with E-state index in [0.29, 0.717) is 195 Å². The molecule has 124 heavy (non-hydrogen) atoms. The SMILES string of the molecule is CCC(CCN=C(N)N)C(CCN=C(N)N)C(CCN=C(N)N)C(CCN=C(N)N)C(CCN=C(N)N)C(CCN=C(N)N)C(CCNC(=N)N)C(CC)CCCN=C(N)N.CCCC(CCN=C(N)N)C(CCN=C(N)N)C(CCN=C(N)N)C(CCN=C(N)N)C(CCN=C(N)N)C(CCN=C(N)N)C(CCNC(=N)N)C(CCC)CCCN=C(N)N. The fraction of sp³-hybridized carbons (Fsp3) is 0.789. The van der Waals surface area contributed by atoms with Gasteiger partial charge in [-0.1, -0.05) is 66.2 Å². The van der Waals surface area contributed by atoms with Gasteiger partial charge in [-0.3, -0.25) is 80.7 Å². The van der Waals surface area contributed by atoms with Crippen LogP contribution in [-0.4, -0.2) is 200 Å². The number of aliphatic imine (C=N–C) groups is 14. The first-order valence-corrected chi connectivity index (χ1v) is 43.6. The smallest absolute Gasteiger partial charge is 0.185 e. The van der Waals surface area contributed by atoms with Gasteiger partial charge in [0.2, 0.25) is 0 Å². The standard InChI is InChI=1S/C39H88N24.C37H84N24/c1-3-6-24(8-5-16-56-32(40)41)26(10-18-58-34(44)45)28(12-20-60-36(48)49)30(14-22-62-38(52)53)31(15-23-63-39(54)55)29(13-21-61-37(50)51)27(11-19-59-35(46)47)25(7-4-2)9-17-57-33(42)43;1-3-22(6-5-14-54-30(38)39)24(8-16-56-32(42)43)26(10-18-58-34(46)47)28(12-20-60-36(50)51)29(13-21-61-37(52)53)27(11-19-59-35(48)49)25(9-17-57-33(44)45)23(4-2)7-15-55-31(40)41/h24-31H,3-23H2,1-2H3,(H4,40,41,56)(H4,42,43,57)(H4,44,45,58)(H4,46,47,59)(H4,48,49,60)(H4,50,51,61)(H4,52,53,62)(H4,54,55,63);22-29H,3-21H2,1-2H3,(H4,38,39,54)(H4,40,41,55)(H4,42,43,56)(H4,44,45,57)(H4,46,47,58)(H4,48,49,59)(H4,50,51,60)(H4,52,53,61). The van der Waals surface area contributed by atoms with E-state index in [-0.39, 0.29) is 190 Å². The van der Waals surface area contributed by atoms with Crippen LogP contribution in [0.3, 0.4) is 0 Å². The summed E-state index contributed by atoms with van der Waals surface area (Å²) in [5.74, 6) is 0.0813. The fourth-order valence-corrected chi connectivity index (χ4v) is 18.5. The van der Waals surface area contributed by atoms with Gasteiger partial charge in [0.25, 0.3) is 0 Å². The van der Waals surface area contributed by atoms with Crippen LogP contribution in [0.4, 0.5) is 0 Å². The third-order valence-electron chi connectivity index (χ3n) is 23.1. The van der Waals surface area contributed by atoms with E-state index in [2.05, 4.69) is 108 Å². The zero-order chi connectivity index (χ0) is 94.1. The van der Waals surface area contributed by atoms with Crippen molar-refractivity contribution >= 4 is 95.4 Å². The second-order valence-corrected chi connectivity index (χ2v) is 31.7. The molecule has 0 aromatic rings. The lowest BCUT2D eigenvalue weighted by Gasteiger charge is -2.47. The van der Waals surface area contributed by atoms with Crippen molar-refractivity contribution in [3.63, 3.8) is 0 Å². The highest BCUT2D eigenvalue weighted by atomic mass is 15.1. The van der Waals surface area contributed by atoms with Crippen molar-refractivity contribution in [1.29, 1.82) is 10.8 Å². The van der Waals surface area contributed by atoms with Gasteiger partial charge in [-0.2, -0.15) is 0 Å². The highest BCUT2D eigenvalue weighted by Gasteiger charge is 2.46. The van der Waals surface area contributed by atoms with Crippen molar-refractivity contribution in [2.45, 2.75) is 182 Å². The van der Waals surface area contributed by atoms with Crippen LogP contribution in [0.25, 0.3) is 0 Å². The van der Waals surface area contributed by atoms with Crippen LogP contribution >= 0.6 is 0 Å². The van der Waals surface area contributed by atoms with Crippen molar-refractivity contribution < 1.29 is 0 Å². The number of nitrogens with zero attached hydrogens (tertiary/aromatic N) is 14. The van der Waals surface area contributed by atoms with Crippen LogP contribution in [0, 0.1) is 106 Å². The summed E-state index contributed by atoms with van der Waals surface area (Å²) in [6, 6.07) is 0. The topological polar surface area (TPSA) is 1030 Å². The number of rotatable bonds is 70. The summed E-state index contributed by atoms with van der Waals surface area (Å²) >= 11 is 0. The summed E-state index contributed by atoms with van der Waals surface area (Å²) in [4.78, 5) is 62.2. The zero-order valence-electron chi connectivity index (χ0n) is 75.1. The van der Waals surface area contributed by atoms with Crippen molar-refractivity contribution in [3.8, 4) is 0 Å². The monoisotopic (exact) mass is 1760 g/mol. The second kappa shape index (κ2) is 68.8. The molecule has 48 heteroatoms. The van der Waals surface area contributed by atoms with Gasteiger partial charge in [-0.05, 0) is 210 Å². The molecule has 48 nitrogen and oxygen atoms in total. The van der Waals surface area contributed by atoms with Gasteiger partial charge in [-0.25, -0.2) is 0 Å². The summed E-state index contributed by atoms with van der Waals surface area (Å²) in [5.41, 5.74) is 176. The minimum atomic E-state index is -0.120. The molecule has 16 atom stereocenters. The Morgan fingerprint density at radius 1 is 0.185 bits per heavy atom. The molecule has 0 aliphatic carbocycles. The average molecular weight is 1760 g/mol. The third-order valence-corrected chi connectivity index (χ3v) is 23.1. The van der Waals surface area contributed by atoms with Crippen LogP contribution in [-0.2, 0) is 0 Å². The minimum absolute atomic E-state index is 0.00128. The lowest BCUT2D eigenvalue weighted by atomic mass is 9.59. The van der Waals surface area contributed by atoms with Crippen LogP contribution in [0.2, 0.25) is 0 Å². The summed E-state index contributed by atoms with van der Waals surface area (Å²) in [6.45, 7) is 14.9. The summed E-state index contributed by atoms with van der Waals surface area (Å²) in [6.07, 6.45) is 17.3. The molecular formula is C76H172N48. The minimum Gasteiger partial charge on any atom is -0.370 e. The van der Waals surface area contributed by atoms with Crippen LogP contribution in [0.15, 0.2) is 69.9 Å². The number of hydrogen-bond acceptors (Lipinski definition) is 16. The highest BCUT2D eigenvalue weighted by molar-refractivity contribution is 5.80. The van der Waals surface area contributed by atoms with Crippen LogP contribution < -0.4 is 183 Å². The van der Waals surface area contributed by atoms with E-state index >= 15 is 0 Å². The Kier molecular flexibility index (Phi) is 63.5. The molecule has 0 amide bonds. The molecular weight excluding hydrogens is 1590 g/mol. The average Bonchev–Trinajstić information content (AvgIpc) is 0.801. The predicted octanol–water partition coefficient (Wildman–Crippen LogP) is -5.93. The summed E-state index contributed by atoms with van der Waals surface area (Å²) in [7, 11) is 0. The molecule has 0 fully saturated rings. The molecule has 0 aliphatic heterocycles. The Labute approximate surface area is 736 Å². The lowest BCUT2D eigenvalue weighted by Crippen LogP contribution is -2.43. The molecule has 16 unspecified atom stereocenters. The predicted molar refractivity (Wildman–Crippen MR) is 519 cm³/mol. The largest absolute Gasteiger partial charge is 0.370 e. The van der Waals surface area contributed by atoms with Crippen LogP contribution in [0.5, 0.6) is 0 Å². The molecule has 0 radical (unpaired) electrons. The molecule has 64 N–H and O–H groups in total. The Morgan fingerprint density at radius 2 is 0.339 bits per heavy atom. The molecule has 0 heterocycles. The molecule has 716 valence electrons. The number of guanidine groups is 16. The van der Waals surface area contributed by atoms with Crippen molar-refractivity contribution in [1.82, 2.24) is 10.6 Å². The van der Waals surface area contributed by atoms with Gasteiger partial charge >= 0.3 is 0 Å². The van der Waals surface area contributed by atoms with Crippen molar-refractivity contribution in [3.05, 3.63) is 0 Å². The maximum atomic E-state index is 8.02. The Balaban J connectivity index is 0. The van der Waals surface area contributed by atoms with Gasteiger partial charge < -0.3 is 183 Å². The van der Waals surface area contributed by atoms with Crippen LogP contribution in [0.1, 0.15) is 182 Å².